The summed E-state index contributed by atoms with van der Waals surface area (Å²) in [7, 11) is 1.73. The highest BCUT2D eigenvalue weighted by Gasteiger charge is 2.33. The van der Waals surface area contributed by atoms with Gasteiger partial charge in [0.1, 0.15) is 11.1 Å². The van der Waals surface area contributed by atoms with Crippen LogP contribution in [0.4, 0.5) is 24.8 Å². The lowest BCUT2D eigenvalue weighted by atomic mass is 10.2. The molecule has 1 amide bonds. The van der Waals surface area contributed by atoms with Gasteiger partial charge in [0.05, 0.1) is 25.4 Å². The SMILES string of the molecule is CCn1c(CN(C=O)c2nc(Br)cnc2N)[n+](C)c2ccc(C(F)(F)F)cc21. The first-order chi connectivity index (χ1) is 13.2. The fraction of sp³-hybridized carbons (Fsp3) is 0.294. The molecule has 0 bridgehead atoms. The number of hydrogen-bond acceptors (Lipinski definition) is 4. The Morgan fingerprint density at radius 1 is 1.39 bits per heavy atom. The topological polar surface area (TPSA) is 80.9 Å². The lowest BCUT2D eigenvalue weighted by Crippen LogP contribution is -2.38. The summed E-state index contributed by atoms with van der Waals surface area (Å²) in [4.78, 5) is 21.1. The van der Waals surface area contributed by atoms with E-state index in [-0.39, 0.29) is 18.2 Å². The molecule has 0 saturated carbocycles. The molecule has 0 aliphatic rings. The van der Waals surface area contributed by atoms with Crippen LogP contribution in [0.25, 0.3) is 11.0 Å². The smallest absolute Gasteiger partial charge is 0.381 e. The molecule has 0 aliphatic carbocycles. The van der Waals surface area contributed by atoms with Gasteiger partial charge in [-0.2, -0.15) is 13.2 Å². The van der Waals surface area contributed by atoms with Crippen molar-refractivity contribution in [2.24, 2.45) is 7.05 Å². The minimum absolute atomic E-state index is 0.0548. The maximum Gasteiger partial charge on any atom is 0.416 e. The van der Waals surface area contributed by atoms with E-state index in [2.05, 4.69) is 25.9 Å². The van der Waals surface area contributed by atoms with Gasteiger partial charge >= 0.3 is 6.18 Å². The molecule has 0 saturated heterocycles. The molecule has 0 spiro atoms. The Bertz CT molecular complexity index is 1050. The number of amides is 1. The molecule has 1 aromatic carbocycles. The molecule has 2 heterocycles. The predicted octanol–water partition coefficient (Wildman–Crippen LogP) is 2.80. The number of imidazole rings is 1. The Morgan fingerprint density at radius 2 is 2.11 bits per heavy atom. The second-order valence-corrected chi connectivity index (χ2v) is 6.87. The summed E-state index contributed by atoms with van der Waals surface area (Å²) in [6, 6.07) is 3.58. The molecule has 2 aromatic heterocycles. The van der Waals surface area contributed by atoms with Gasteiger partial charge in [-0.3, -0.25) is 9.69 Å². The maximum absolute atomic E-state index is 13.1. The maximum atomic E-state index is 13.1. The number of nitrogens with zero attached hydrogens (tertiary/aromatic N) is 5. The summed E-state index contributed by atoms with van der Waals surface area (Å²) in [6.07, 6.45) is -2.47. The minimum Gasteiger partial charge on any atom is -0.381 e. The Labute approximate surface area is 166 Å². The largest absolute Gasteiger partial charge is 0.416 e. The van der Waals surface area contributed by atoms with Crippen LogP contribution < -0.4 is 15.2 Å². The van der Waals surface area contributed by atoms with Crippen LogP contribution in [-0.4, -0.2) is 20.9 Å². The Kier molecular flexibility index (Phi) is 5.28. The van der Waals surface area contributed by atoms with Gasteiger partial charge in [0, 0.05) is 6.07 Å². The molecular weight excluding hydrogens is 441 g/mol. The average Bonchev–Trinajstić information content (AvgIpc) is 2.92. The first kappa shape index (κ1) is 20.1. The van der Waals surface area contributed by atoms with Gasteiger partial charge in [-0.1, -0.05) is 0 Å². The van der Waals surface area contributed by atoms with Gasteiger partial charge in [-0.25, -0.2) is 19.1 Å². The van der Waals surface area contributed by atoms with Gasteiger partial charge in [0.2, 0.25) is 6.41 Å². The molecule has 0 fully saturated rings. The molecule has 11 heteroatoms. The van der Waals surface area contributed by atoms with Crippen LogP contribution in [0.3, 0.4) is 0 Å². The number of aromatic nitrogens is 4. The van der Waals surface area contributed by atoms with Crippen LogP contribution in [-0.2, 0) is 31.1 Å². The van der Waals surface area contributed by atoms with Crippen LogP contribution in [0, 0.1) is 0 Å². The third-order valence-corrected chi connectivity index (χ3v) is 4.81. The highest BCUT2D eigenvalue weighted by Crippen LogP contribution is 2.31. The predicted molar refractivity (Wildman–Crippen MR) is 100 cm³/mol. The standard InChI is InChI=1S/C17H17BrF3N6O/c1-3-27-12-6-10(17(19,20)21)4-5-11(12)25(2)14(27)8-26(9-28)16-15(22)23-7-13(18)24-16/h4-7,9H,3,8H2,1-2H3,(H2,22,23)/q+1. The van der Waals surface area contributed by atoms with E-state index in [0.29, 0.717) is 34.4 Å². The third kappa shape index (κ3) is 3.53. The lowest BCUT2D eigenvalue weighted by molar-refractivity contribution is -0.653. The van der Waals surface area contributed by atoms with Crippen LogP contribution in [0.5, 0.6) is 0 Å². The number of anilines is 2. The van der Waals surface area contributed by atoms with Crippen molar-refractivity contribution in [2.75, 3.05) is 10.6 Å². The number of hydrogen-bond donors (Lipinski definition) is 1. The van der Waals surface area contributed by atoms with Gasteiger partial charge in [0.15, 0.2) is 22.7 Å². The lowest BCUT2D eigenvalue weighted by Gasteiger charge is -2.16. The summed E-state index contributed by atoms with van der Waals surface area (Å²) < 4.78 is 43.2. The summed E-state index contributed by atoms with van der Waals surface area (Å²) in [6.45, 7) is 2.29. The number of carbonyl (C=O) groups excluding carboxylic acids is 1. The Hall–Kier alpha value is -2.69. The molecule has 0 aliphatic heterocycles. The van der Waals surface area contributed by atoms with E-state index in [1.165, 1.54) is 17.2 Å². The van der Waals surface area contributed by atoms with Gasteiger partial charge in [-0.15, -0.1) is 0 Å². The van der Waals surface area contributed by atoms with Crippen molar-refractivity contribution in [3.05, 3.63) is 40.4 Å². The number of benzene rings is 1. The van der Waals surface area contributed by atoms with E-state index in [4.69, 9.17) is 5.73 Å². The zero-order valence-electron chi connectivity index (χ0n) is 15.0. The molecule has 2 N–H and O–H groups in total. The highest BCUT2D eigenvalue weighted by molar-refractivity contribution is 9.10. The second-order valence-electron chi connectivity index (χ2n) is 6.06. The zero-order valence-corrected chi connectivity index (χ0v) is 16.6. The normalized spacial score (nSPS) is 11.8. The van der Waals surface area contributed by atoms with E-state index in [1.54, 1.807) is 16.2 Å². The fourth-order valence-corrected chi connectivity index (χ4v) is 3.37. The summed E-state index contributed by atoms with van der Waals surface area (Å²) in [5.41, 5.74) is 6.15. The number of alkyl halides is 3. The van der Waals surface area contributed by atoms with Crippen LogP contribution in [0.15, 0.2) is 29.0 Å². The van der Waals surface area contributed by atoms with Crippen LogP contribution in [0.2, 0.25) is 0 Å². The molecule has 0 radical (unpaired) electrons. The monoisotopic (exact) mass is 457 g/mol. The summed E-state index contributed by atoms with van der Waals surface area (Å²) in [5.74, 6) is 0.842. The van der Waals surface area contributed by atoms with Crippen molar-refractivity contribution >= 4 is 45.0 Å². The molecule has 3 rings (SSSR count). The van der Waals surface area contributed by atoms with E-state index >= 15 is 0 Å². The molecule has 7 nitrogen and oxygen atoms in total. The Balaban J connectivity index is 2.13. The fourth-order valence-electron chi connectivity index (χ4n) is 3.10. The quantitative estimate of drug-likeness (QED) is 0.471. The molecular formula is C17H17BrF3N6O+. The third-order valence-electron chi connectivity index (χ3n) is 4.43. The number of fused-ring (bicyclic) bond motifs is 1. The number of carbonyl (C=O) groups is 1. The molecule has 28 heavy (non-hydrogen) atoms. The first-order valence-corrected chi connectivity index (χ1v) is 9.05. The van der Waals surface area contributed by atoms with Gasteiger partial charge in [-0.05, 0) is 35.0 Å². The first-order valence-electron chi connectivity index (χ1n) is 8.25. The number of halogens is 4. The van der Waals surface area contributed by atoms with E-state index in [0.717, 1.165) is 12.1 Å². The number of nitrogens with two attached hydrogens (primary N) is 1. The molecule has 0 unspecified atom stereocenters. The van der Waals surface area contributed by atoms with Gasteiger partial charge < -0.3 is 5.73 Å². The number of nitrogen functional groups attached to an aromatic ring is 1. The van der Waals surface area contributed by atoms with Crippen molar-refractivity contribution in [1.29, 1.82) is 0 Å². The van der Waals surface area contributed by atoms with Crippen molar-refractivity contribution in [3.63, 3.8) is 0 Å². The second kappa shape index (κ2) is 7.38. The Morgan fingerprint density at radius 3 is 2.71 bits per heavy atom. The van der Waals surface area contributed by atoms with Crippen molar-refractivity contribution in [3.8, 4) is 0 Å². The van der Waals surface area contributed by atoms with Crippen LogP contribution >= 0.6 is 15.9 Å². The van der Waals surface area contributed by atoms with Crippen molar-refractivity contribution in [1.82, 2.24) is 14.5 Å². The van der Waals surface area contributed by atoms with Crippen LogP contribution in [0.1, 0.15) is 18.3 Å². The molecule has 3 aromatic rings. The molecule has 148 valence electrons. The van der Waals surface area contributed by atoms with E-state index in [9.17, 15) is 18.0 Å². The van der Waals surface area contributed by atoms with E-state index in [1.807, 2.05) is 6.92 Å². The average molecular weight is 458 g/mol. The molecule has 0 atom stereocenters. The summed E-state index contributed by atoms with van der Waals surface area (Å²) >= 11 is 3.19. The zero-order chi connectivity index (χ0) is 20.6. The van der Waals surface area contributed by atoms with Crippen molar-refractivity contribution < 1.29 is 22.5 Å². The number of aryl methyl sites for hydroxylation is 2. The van der Waals surface area contributed by atoms with Gasteiger partial charge in [0.25, 0.3) is 5.82 Å². The van der Waals surface area contributed by atoms with Crippen molar-refractivity contribution in [2.45, 2.75) is 26.2 Å². The highest BCUT2D eigenvalue weighted by atomic mass is 79.9. The summed E-state index contributed by atoms with van der Waals surface area (Å²) in [5, 5.41) is 0. The van der Waals surface area contributed by atoms with E-state index < -0.39 is 11.7 Å². The number of rotatable bonds is 5. The minimum atomic E-state index is -4.44.